The van der Waals surface area contributed by atoms with Crippen LogP contribution in [0.5, 0.6) is 0 Å². The molecule has 1 heterocycles. The number of halogens is 1. The van der Waals surface area contributed by atoms with Crippen LogP contribution in [0.4, 0.5) is 0 Å². The van der Waals surface area contributed by atoms with Crippen LogP contribution >= 0.6 is 24.0 Å². The van der Waals surface area contributed by atoms with Gasteiger partial charge in [-0.05, 0) is 31.2 Å². The maximum atomic E-state index is 11.9. The van der Waals surface area contributed by atoms with Crippen LogP contribution in [0.2, 0.25) is 0 Å². The van der Waals surface area contributed by atoms with Crippen molar-refractivity contribution in [2.24, 2.45) is 10.9 Å². The standard InChI is InChI=1S/C16H26N4O3S.HI/c1-17-16(20-8-7-14(11-20)12-23-3)19-10-13-5-4-6-15(9-13)24(21,22)18-2;/h4-6,9,14,18H,7-8,10-12H2,1-3H3,(H,17,19);1H. The predicted molar refractivity (Wildman–Crippen MR) is 110 cm³/mol. The van der Waals surface area contributed by atoms with Crippen LogP contribution in [-0.4, -0.2) is 60.2 Å². The number of rotatable bonds is 6. The van der Waals surface area contributed by atoms with Crippen molar-refractivity contribution in [2.45, 2.75) is 17.9 Å². The second-order valence-corrected chi connectivity index (χ2v) is 7.70. The Morgan fingerprint density at radius 1 is 1.44 bits per heavy atom. The van der Waals surface area contributed by atoms with E-state index >= 15 is 0 Å². The summed E-state index contributed by atoms with van der Waals surface area (Å²) in [6, 6.07) is 6.89. The first kappa shape index (κ1) is 22.1. The molecule has 1 aromatic carbocycles. The average molecular weight is 482 g/mol. The molecular weight excluding hydrogens is 455 g/mol. The molecule has 7 nitrogen and oxygen atoms in total. The van der Waals surface area contributed by atoms with Crippen LogP contribution < -0.4 is 10.0 Å². The van der Waals surface area contributed by atoms with Crippen LogP contribution in [0.25, 0.3) is 0 Å². The number of aliphatic imine (C=N–C) groups is 1. The Morgan fingerprint density at radius 3 is 2.84 bits per heavy atom. The van der Waals surface area contributed by atoms with Crippen molar-refractivity contribution in [1.29, 1.82) is 0 Å². The van der Waals surface area contributed by atoms with Gasteiger partial charge in [0.1, 0.15) is 0 Å². The molecule has 0 saturated carbocycles. The lowest BCUT2D eigenvalue weighted by Gasteiger charge is -2.21. The molecule has 2 N–H and O–H groups in total. The number of methoxy groups -OCH3 is 1. The molecule has 1 saturated heterocycles. The first-order chi connectivity index (χ1) is 11.5. The predicted octanol–water partition coefficient (Wildman–Crippen LogP) is 1.26. The first-order valence-corrected chi connectivity index (χ1v) is 9.45. The van der Waals surface area contributed by atoms with E-state index < -0.39 is 10.0 Å². The summed E-state index contributed by atoms with van der Waals surface area (Å²) in [6.07, 6.45) is 1.09. The van der Waals surface area contributed by atoms with Crippen LogP contribution in [-0.2, 0) is 21.3 Å². The molecule has 0 amide bonds. The third-order valence-corrected chi connectivity index (χ3v) is 5.54. The normalized spacial score (nSPS) is 18.1. The second kappa shape index (κ2) is 10.3. The van der Waals surface area contributed by atoms with E-state index in [1.54, 1.807) is 32.4 Å². The van der Waals surface area contributed by atoms with Gasteiger partial charge in [0.2, 0.25) is 10.0 Å². The zero-order valence-electron chi connectivity index (χ0n) is 14.9. The van der Waals surface area contributed by atoms with Gasteiger partial charge in [-0.1, -0.05) is 12.1 Å². The zero-order valence-corrected chi connectivity index (χ0v) is 18.0. The van der Waals surface area contributed by atoms with E-state index in [1.807, 2.05) is 6.07 Å². The van der Waals surface area contributed by atoms with E-state index in [0.29, 0.717) is 12.5 Å². The number of ether oxygens (including phenoxy) is 1. The number of benzene rings is 1. The largest absolute Gasteiger partial charge is 0.384 e. The third-order valence-electron chi connectivity index (χ3n) is 4.13. The number of likely N-dealkylation sites (tertiary alicyclic amines) is 1. The van der Waals surface area contributed by atoms with Gasteiger partial charge in [0.05, 0.1) is 11.5 Å². The number of guanidine groups is 1. The van der Waals surface area contributed by atoms with Crippen LogP contribution in [0.15, 0.2) is 34.2 Å². The fourth-order valence-electron chi connectivity index (χ4n) is 2.85. The molecule has 0 radical (unpaired) electrons. The fourth-order valence-corrected chi connectivity index (χ4v) is 3.65. The SMILES string of the molecule is CN=C(NCc1cccc(S(=O)(=O)NC)c1)N1CCC(COC)C1.I. The fraction of sp³-hybridized carbons (Fsp3) is 0.562. The number of hydrogen-bond donors (Lipinski definition) is 2. The van der Waals surface area contributed by atoms with Crippen molar-refractivity contribution in [3.8, 4) is 0 Å². The van der Waals surface area contributed by atoms with Gasteiger partial charge in [-0.2, -0.15) is 0 Å². The molecule has 2 rings (SSSR count). The smallest absolute Gasteiger partial charge is 0.240 e. The second-order valence-electron chi connectivity index (χ2n) is 5.81. The van der Waals surface area contributed by atoms with Gasteiger partial charge < -0.3 is 15.0 Å². The van der Waals surface area contributed by atoms with Crippen molar-refractivity contribution >= 4 is 40.0 Å². The lowest BCUT2D eigenvalue weighted by molar-refractivity contribution is 0.157. The summed E-state index contributed by atoms with van der Waals surface area (Å²) < 4.78 is 31.3. The van der Waals surface area contributed by atoms with E-state index in [-0.39, 0.29) is 28.9 Å². The molecule has 0 aliphatic carbocycles. The summed E-state index contributed by atoms with van der Waals surface area (Å²) in [7, 11) is 1.46. The summed E-state index contributed by atoms with van der Waals surface area (Å²) in [6.45, 7) is 3.15. The number of nitrogens with zero attached hydrogens (tertiary/aromatic N) is 2. The average Bonchev–Trinajstić information content (AvgIpc) is 3.04. The van der Waals surface area contributed by atoms with Gasteiger partial charge in [-0.25, -0.2) is 13.1 Å². The van der Waals surface area contributed by atoms with E-state index in [1.165, 1.54) is 7.05 Å². The quantitative estimate of drug-likeness (QED) is 0.363. The first-order valence-electron chi connectivity index (χ1n) is 7.97. The van der Waals surface area contributed by atoms with Crippen LogP contribution in [0, 0.1) is 5.92 Å². The summed E-state index contributed by atoms with van der Waals surface area (Å²) in [5.41, 5.74) is 0.889. The van der Waals surface area contributed by atoms with Crippen molar-refractivity contribution in [1.82, 2.24) is 14.9 Å². The van der Waals surface area contributed by atoms with Gasteiger partial charge in [0, 0.05) is 39.7 Å². The van der Waals surface area contributed by atoms with Crippen molar-refractivity contribution in [2.75, 3.05) is 40.9 Å². The highest BCUT2D eigenvalue weighted by molar-refractivity contribution is 14.0. The Morgan fingerprint density at radius 2 is 2.20 bits per heavy atom. The van der Waals surface area contributed by atoms with E-state index in [4.69, 9.17) is 4.74 Å². The molecule has 0 bridgehead atoms. The highest BCUT2D eigenvalue weighted by atomic mass is 127. The minimum Gasteiger partial charge on any atom is -0.384 e. The highest BCUT2D eigenvalue weighted by Gasteiger charge is 2.24. The highest BCUT2D eigenvalue weighted by Crippen LogP contribution is 2.17. The van der Waals surface area contributed by atoms with E-state index in [2.05, 4.69) is 19.9 Å². The third kappa shape index (κ3) is 6.08. The Balaban J connectivity index is 0.00000312. The molecule has 0 spiro atoms. The van der Waals surface area contributed by atoms with Crippen molar-refractivity contribution < 1.29 is 13.2 Å². The van der Waals surface area contributed by atoms with Gasteiger partial charge in [-0.3, -0.25) is 4.99 Å². The summed E-state index contributed by atoms with van der Waals surface area (Å²) in [5, 5.41) is 3.31. The van der Waals surface area contributed by atoms with Gasteiger partial charge in [-0.15, -0.1) is 24.0 Å². The van der Waals surface area contributed by atoms with Crippen molar-refractivity contribution in [3.63, 3.8) is 0 Å². The number of sulfonamides is 1. The lowest BCUT2D eigenvalue weighted by Crippen LogP contribution is -2.39. The molecule has 1 aliphatic rings. The van der Waals surface area contributed by atoms with E-state index in [9.17, 15) is 8.42 Å². The van der Waals surface area contributed by atoms with Crippen LogP contribution in [0.1, 0.15) is 12.0 Å². The maximum absolute atomic E-state index is 11.9. The lowest BCUT2D eigenvalue weighted by atomic mass is 10.1. The maximum Gasteiger partial charge on any atom is 0.240 e. The molecule has 1 aliphatic heterocycles. The zero-order chi connectivity index (χ0) is 17.6. The van der Waals surface area contributed by atoms with Crippen LogP contribution in [0.3, 0.4) is 0 Å². The molecule has 0 aromatic heterocycles. The van der Waals surface area contributed by atoms with E-state index in [0.717, 1.165) is 37.6 Å². The number of hydrogen-bond acceptors (Lipinski definition) is 4. The molecule has 142 valence electrons. The minimum atomic E-state index is -3.43. The van der Waals surface area contributed by atoms with Gasteiger partial charge >= 0.3 is 0 Å². The number of nitrogens with one attached hydrogen (secondary N) is 2. The summed E-state index contributed by atoms with van der Waals surface area (Å²) in [5.74, 6) is 1.35. The molecule has 1 fully saturated rings. The van der Waals surface area contributed by atoms with Gasteiger partial charge in [0.25, 0.3) is 0 Å². The van der Waals surface area contributed by atoms with Gasteiger partial charge in [0.15, 0.2) is 5.96 Å². The Kier molecular flexibility index (Phi) is 9.11. The molecule has 1 unspecified atom stereocenters. The summed E-state index contributed by atoms with van der Waals surface area (Å²) >= 11 is 0. The van der Waals surface area contributed by atoms with Crippen molar-refractivity contribution in [3.05, 3.63) is 29.8 Å². The topological polar surface area (TPSA) is 83.0 Å². The molecule has 1 atom stereocenters. The Labute approximate surface area is 167 Å². The Hall–Kier alpha value is -0.910. The molecule has 9 heteroatoms. The summed E-state index contributed by atoms with van der Waals surface area (Å²) in [4.78, 5) is 6.80. The molecule has 1 aromatic rings. The minimum absolute atomic E-state index is 0. The molecular formula is C16H27IN4O3S. The monoisotopic (exact) mass is 482 g/mol. The Bertz CT molecular complexity index is 682. The molecule has 25 heavy (non-hydrogen) atoms.